The van der Waals surface area contributed by atoms with Gasteiger partial charge in [-0.25, -0.2) is 0 Å². The molecule has 0 radical (unpaired) electrons. The van der Waals surface area contributed by atoms with E-state index in [1.54, 1.807) is 21.3 Å². The third kappa shape index (κ3) is 4.80. The number of rotatable bonds is 7. The van der Waals surface area contributed by atoms with Crippen molar-refractivity contribution in [1.82, 2.24) is 4.90 Å². The highest BCUT2D eigenvalue weighted by atomic mass is 35.5. The summed E-state index contributed by atoms with van der Waals surface area (Å²) in [5.74, 6) is 3.08. The van der Waals surface area contributed by atoms with Gasteiger partial charge in [0, 0.05) is 12.1 Å². The number of aryl methyl sites for hydroxylation is 2. The average molecular weight is 505 g/mol. The summed E-state index contributed by atoms with van der Waals surface area (Å²) in [6.07, 6.45) is 4.09. The summed E-state index contributed by atoms with van der Waals surface area (Å²) in [5, 5.41) is 0. The molecule has 6 heteroatoms. The molecular weight excluding hydrogens is 472 g/mol. The lowest BCUT2D eigenvalue weighted by molar-refractivity contribution is 0.324. The number of aliphatic imine (C=N–C) groups is 1. The number of nitrogens with zero attached hydrogens (tertiary/aromatic N) is 2. The van der Waals surface area contributed by atoms with Gasteiger partial charge in [0.05, 0.1) is 32.6 Å². The largest absolute Gasteiger partial charge is 0.493 e. The van der Waals surface area contributed by atoms with Crippen LogP contribution >= 0.6 is 12.4 Å². The van der Waals surface area contributed by atoms with Crippen LogP contribution in [0.1, 0.15) is 41.7 Å². The van der Waals surface area contributed by atoms with Crippen molar-refractivity contribution in [2.24, 2.45) is 4.99 Å². The summed E-state index contributed by atoms with van der Waals surface area (Å²) in [7, 11) is 4.92. The summed E-state index contributed by atoms with van der Waals surface area (Å²) in [4.78, 5) is 7.42. The molecule has 0 bridgehead atoms. The van der Waals surface area contributed by atoms with E-state index >= 15 is 0 Å². The second kappa shape index (κ2) is 10.3. The molecule has 5 rings (SSSR count). The fourth-order valence-corrected chi connectivity index (χ4v) is 4.95. The minimum atomic E-state index is -0.105. The summed E-state index contributed by atoms with van der Waals surface area (Å²) < 4.78 is 16.4. The van der Waals surface area contributed by atoms with Crippen molar-refractivity contribution in [3.05, 3.63) is 88.5 Å². The maximum Gasteiger partial charge on any atom is 0.203 e. The fraction of sp³-hybridized carbons (Fsp3) is 0.300. The molecule has 0 atom stereocenters. The quantitative estimate of drug-likeness (QED) is 0.380. The van der Waals surface area contributed by atoms with Crippen LogP contribution < -0.4 is 14.2 Å². The zero-order valence-corrected chi connectivity index (χ0v) is 22.3. The van der Waals surface area contributed by atoms with Crippen LogP contribution in [-0.4, -0.2) is 44.1 Å². The Bertz CT molecular complexity index is 1290. The monoisotopic (exact) mass is 504 g/mol. The summed E-state index contributed by atoms with van der Waals surface area (Å²) in [6.45, 7) is 5.28. The lowest BCUT2D eigenvalue weighted by atomic mass is 9.96. The van der Waals surface area contributed by atoms with Gasteiger partial charge < -0.3 is 19.1 Å². The van der Waals surface area contributed by atoms with E-state index in [4.69, 9.17) is 19.2 Å². The molecule has 0 aliphatic carbocycles. The number of ether oxygens (including phenoxy) is 3. The molecule has 5 nitrogen and oxygen atoms in total. The van der Waals surface area contributed by atoms with Gasteiger partial charge in [-0.1, -0.05) is 48.5 Å². The molecule has 0 amide bonds. The van der Waals surface area contributed by atoms with E-state index in [-0.39, 0.29) is 17.9 Å². The summed E-state index contributed by atoms with van der Waals surface area (Å²) in [6, 6.07) is 21.5. The number of benzene rings is 3. The van der Waals surface area contributed by atoms with E-state index < -0.39 is 0 Å². The fourth-order valence-electron chi connectivity index (χ4n) is 4.95. The molecule has 2 heterocycles. The zero-order chi connectivity index (χ0) is 24.6. The van der Waals surface area contributed by atoms with Crippen LogP contribution in [0.3, 0.4) is 0 Å². The Kier molecular flexibility index (Phi) is 7.32. The first-order valence-electron chi connectivity index (χ1n) is 12.0. The molecule has 0 saturated heterocycles. The van der Waals surface area contributed by atoms with E-state index in [0.29, 0.717) is 17.2 Å². The minimum Gasteiger partial charge on any atom is -0.493 e. The highest BCUT2D eigenvalue weighted by molar-refractivity contribution is 6.12. The molecule has 2 aliphatic rings. The third-order valence-corrected chi connectivity index (χ3v) is 6.67. The molecule has 3 aromatic rings. The van der Waals surface area contributed by atoms with Crippen molar-refractivity contribution >= 4 is 30.0 Å². The van der Waals surface area contributed by atoms with Crippen LogP contribution in [0.5, 0.6) is 17.2 Å². The van der Waals surface area contributed by atoms with Gasteiger partial charge in [-0.3, -0.25) is 4.99 Å². The van der Waals surface area contributed by atoms with Crippen LogP contribution in [0.25, 0.3) is 11.8 Å². The summed E-state index contributed by atoms with van der Waals surface area (Å²) >= 11 is 0. The normalized spacial score (nSPS) is 15.2. The molecule has 0 unspecified atom stereocenters. The highest BCUT2D eigenvalue weighted by Gasteiger charge is 2.36. The Balaban J connectivity index is 0.00000304. The van der Waals surface area contributed by atoms with Gasteiger partial charge in [0.1, 0.15) is 5.84 Å². The van der Waals surface area contributed by atoms with Crippen molar-refractivity contribution in [1.29, 1.82) is 0 Å². The highest BCUT2D eigenvalue weighted by Crippen LogP contribution is 2.39. The molecule has 0 saturated carbocycles. The average Bonchev–Trinajstić information content (AvgIpc) is 3.21. The van der Waals surface area contributed by atoms with Gasteiger partial charge in [-0.05, 0) is 67.2 Å². The summed E-state index contributed by atoms with van der Waals surface area (Å²) in [5.41, 5.74) is 7.19. The predicted octanol–water partition coefficient (Wildman–Crippen LogP) is 6.27. The van der Waals surface area contributed by atoms with E-state index in [0.717, 1.165) is 30.8 Å². The molecule has 3 aromatic carbocycles. The molecule has 0 N–H and O–H groups in total. The second-order valence-electron chi connectivity index (χ2n) is 9.68. The van der Waals surface area contributed by atoms with Gasteiger partial charge in [-0.15, -0.1) is 12.4 Å². The van der Waals surface area contributed by atoms with Crippen LogP contribution in [0.4, 0.5) is 0 Å². The van der Waals surface area contributed by atoms with Crippen LogP contribution in [0.2, 0.25) is 0 Å². The van der Waals surface area contributed by atoms with Crippen molar-refractivity contribution in [2.75, 3.05) is 27.9 Å². The lowest BCUT2D eigenvalue weighted by Crippen LogP contribution is -2.33. The Morgan fingerprint density at radius 2 is 1.47 bits per heavy atom. The SMILES string of the molecule is COc1cc(CCc2ccc(C3=Cc4ccccc4C4=NC(C)(C)CN34)cc2)cc(OC)c1OC.Cl. The Morgan fingerprint density at radius 3 is 2.11 bits per heavy atom. The standard InChI is InChI=1S/C30H32N2O3.ClH/c1-30(2)19-32-25(18-23-8-6-7-9-24(23)29(32)31-30)22-14-12-20(13-15-22)10-11-21-16-26(33-3)28(35-5)27(17-21)34-4;/h6-9,12-18H,10-11,19H2,1-5H3;1H. The van der Waals surface area contributed by atoms with Gasteiger partial charge in [0.2, 0.25) is 5.75 Å². The number of methoxy groups -OCH3 is 3. The van der Waals surface area contributed by atoms with Crippen LogP contribution in [0, 0.1) is 0 Å². The van der Waals surface area contributed by atoms with Gasteiger partial charge in [0.15, 0.2) is 11.5 Å². The first kappa shape index (κ1) is 25.6. The van der Waals surface area contributed by atoms with E-state index in [1.165, 1.54) is 28.0 Å². The number of hydrogen-bond donors (Lipinski definition) is 0. The maximum atomic E-state index is 5.50. The van der Waals surface area contributed by atoms with Gasteiger partial charge in [0.25, 0.3) is 0 Å². The van der Waals surface area contributed by atoms with Crippen molar-refractivity contribution < 1.29 is 14.2 Å². The van der Waals surface area contributed by atoms with Crippen molar-refractivity contribution in [2.45, 2.75) is 32.2 Å². The number of amidine groups is 1. The van der Waals surface area contributed by atoms with Crippen molar-refractivity contribution in [3.63, 3.8) is 0 Å². The minimum absolute atomic E-state index is 0. The van der Waals surface area contributed by atoms with Gasteiger partial charge >= 0.3 is 0 Å². The van der Waals surface area contributed by atoms with Crippen LogP contribution in [-0.2, 0) is 12.8 Å². The van der Waals surface area contributed by atoms with Gasteiger partial charge in [-0.2, -0.15) is 0 Å². The maximum absolute atomic E-state index is 5.50. The number of hydrogen-bond acceptors (Lipinski definition) is 5. The Labute approximate surface area is 219 Å². The molecule has 188 valence electrons. The lowest BCUT2D eigenvalue weighted by Gasteiger charge is -2.30. The first-order valence-corrected chi connectivity index (χ1v) is 12.0. The third-order valence-electron chi connectivity index (χ3n) is 6.67. The number of halogens is 1. The molecule has 0 aromatic heterocycles. The Hall–Kier alpha value is -3.44. The predicted molar refractivity (Wildman–Crippen MR) is 149 cm³/mol. The van der Waals surface area contributed by atoms with E-state index in [1.807, 2.05) is 12.1 Å². The molecule has 0 spiro atoms. The van der Waals surface area contributed by atoms with E-state index in [9.17, 15) is 0 Å². The zero-order valence-electron chi connectivity index (χ0n) is 21.5. The molecule has 2 aliphatic heterocycles. The molecule has 36 heavy (non-hydrogen) atoms. The molecule has 0 fully saturated rings. The Morgan fingerprint density at radius 1 is 0.833 bits per heavy atom. The first-order chi connectivity index (χ1) is 16.9. The topological polar surface area (TPSA) is 43.3 Å². The number of fused-ring (bicyclic) bond motifs is 3. The molecular formula is C30H33ClN2O3. The van der Waals surface area contributed by atoms with Crippen LogP contribution in [0.15, 0.2) is 65.7 Å². The van der Waals surface area contributed by atoms with Crippen molar-refractivity contribution in [3.8, 4) is 17.2 Å². The van der Waals surface area contributed by atoms with E-state index in [2.05, 4.69) is 73.4 Å². The second-order valence-corrected chi connectivity index (χ2v) is 9.68. The smallest absolute Gasteiger partial charge is 0.203 e.